The number of piperazine rings is 1. The first-order valence-corrected chi connectivity index (χ1v) is 8.10. The van der Waals surface area contributed by atoms with Gasteiger partial charge in [-0.1, -0.05) is 6.07 Å². The van der Waals surface area contributed by atoms with Crippen molar-refractivity contribution in [3.05, 3.63) is 24.3 Å². The van der Waals surface area contributed by atoms with E-state index in [0.29, 0.717) is 5.75 Å². The second-order valence-corrected chi connectivity index (χ2v) is 6.91. The van der Waals surface area contributed by atoms with E-state index in [1.54, 1.807) is 12.1 Å². The molecule has 0 radical (unpaired) electrons. The molecule has 0 bridgehead atoms. The summed E-state index contributed by atoms with van der Waals surface area (Å²) in [7, 11) is -2.28. The summed E-state index contributed by atoms with van der Waals surface area (Å²) in [6.45, 7) is -0.823. The van der Waals surface area contributed by atoms with E-state index in [4.69, 9.17) is 4.74 Å². The fourth-order valence-corrected chi connectivity index (χ4v) is 3.75. The number of sulfonamides is 1. The molecule has 1 saturated heterocycles. The summed E-state index contributed by atoms with van der Waals surface area (Å²) in [6, 6.07) is 6.03. The standard InChI is InChI=1S/C13H17F3N2O3S/c1-21-11-3-2-4-12(9-11)22(19,20)18-7-5-17(6-8-18)10-13(14,15)16/h2-4,9H,5-8,10H2,1H3. The van der Waals surface area contributed by atoms with Crippen molar-refractivity contribution >= 4 is 10.0 Å². The van der Waals surface area contributed by atoms with E-state index in [0.717, 1.165) is 0 Å². The minimum atomic E-state index is -4.27. The van der Waals surface area contributed by atoms with E-state index in [1.807, 2.05) is 0 Å². The summed E-state index contributed by atoms with van der Waals surface area (Å²) in [6.07, 6.45) is -4.27. The number of alkyl halides is 3. The van der Waals surface area contributed by atoms with Crippen molar-refractivity contribution < 1.29 is 26.3 Å². The highest BCUT2D eigenvalue weighted by Crippen LogP contribution is 2.23. The van der Waals surface area contributed by atoms with Gasteiger partial charge in [-0.15, -0.1) is 0 Å². The molecule has 124 valence electrons. The summed E-state index contributed by atoms with van der Waals surface area (Å²) in [4.78, 5) is 1.29. The second kappa shape index (κ2) is 6.43. The van der Waals surface area contributed by atoms with E-state index in [2.05, 4.69) is 0 Å². The second-order valence-electron chi connectivity index (χ2n) is 4.97. The van der Waals surface area contributed by atoms with Crippen molar-refractivity contribution in [2.45, 2.75) is 11.1 Å². The Hall–Kier alpha value is -1.32. The van der Waals surface area contributed by atoms with Crippen LogP contribution in [0.2, 0.25) is 0 Å². The lowest BCUT2D eigenvalue weighted by molar-refractivity contribution is -0.148. The lowest BCUT2D eigenvalue weighted by Gasteiger charge is -2.34. The average Bonchev–Trinajstić information content (AvgIpc) is 2.46. The van der Waals surface area contributed by atoms with Crippen LogP contribution >= 0.6 is 0 Å². The van der Waals surface area contributed by atoms with Crippen molar-refractivity contribution in [2.24, 2.45) is 0 Å². The highest BCUT2D eigenvalue weighted by atomic mass is 32.2. The van der Waals surface area contributed by atoms with Crippen LogP contribution in [-0.4, -0.2) is 63.6 Å². The van der Waals surface area contributed by atoms with E-state index < -0.39 is 22.7 Å². The maximum atomic E-state index is 12.5. The third-order valence-electron chi connectivity index (χ3n) is 3.41. The van der Waals surface area contributed by atoms with Crippen LogP contribution in [-0.2, 0) is 10.0 Å². The van der Waals surface area contributed by atoms with E-state index in [9.17, 15) is 21.6 Å². The van der Waals surface area contributed by atoms with Gasteiger partial charge in [0.25, 0.3) is 0 Å². The molecule has 0 atom stereocenters. The quantitative estimate of drug-likeness (QED) is 0.836. The van der Waals surface area contributed by atoms with Crippen LogP contribution in [0.5, 0.6) is 5.75 Å². The number of halogens is 3. The number of ether oxygens (including phenoxy) is 1. The number of hydrogen-bond acceptors (Lipinski definition) is 4. The van der Waals surface area contributed by atoms with Gasteiger partial charge in [0.05, 0.1) is 18.6 Å². The van der Waals surface area contributed by atoms with Gasteiger partial charge in [-0.05, 0) is 12.1 Å². The monoisotopic (exact) mass is 338 g/mol. The summed E-state index contributed by atoms with van der Waals surface area (Å²) < 4.78 is 68.1. The van der Waals surface area contributed by atoms with Gasteiger partial charge in [-0.25, -0.2) is 8.42 Å². The zero-order valence-electron chi connectivity index (χ0n) is 12.0. The molecule has 0 aliphatic carbocycles. The summed E-state index contributed by atoms with van der Waals surface area (Å²) >= 11 is 0. The largest absolute Gasteiger partial charge is 0.497 e. The molecule has 1 heterocycles. The van der Waals surface area contributed by atoms with Gasteiger partial charge in [0.2, 0.25) is 10.0 Å². The minimum absolute atomic E-state index is 0.0373. The molecular formula is C13H17F3N2O3S. The lowest BCUT2D eigenvalue weighted by atomic mass is 10.3. The Kier molecular flexibility index (Phi) is 4.98. The molecular weight excluding hydrogens is 321 g/mol. The van der Waals surface area contributed by atoms with Crippen molar-refractivity contribution in [3.8, 4) is 5.75 Å². The predicted octanol–water partition coefficient (Wildman–Crippen LogP) is 1.56. The van der Waals surface area contributed by atoms with Gasteiger partial charge in [0.1, 0.15) is 5.75 Å². The molecule has 0 amide bonds. The van der Waals surface area contributed by atoms with Crippen LogP contribution in [0, 0.1) is 0 Å². The fourth-order valence-electron chi connectivity index (χ4n) is 2.29. The predicted molar refractivity (Wildman–Crippen MR) is 74.2 cm³/mol. The first kappa shape index (κ1) is 17.0. The molecule has 0 unspecified atom stereocenters. The molecule has 1 aliphatic rings. The Morgan fingerprint density at radius 3 is 2.36 bits per heavy atom. The Morgan fingerprint density at radius 2 is 1.82 bits per heavy atom. The summed E-state index contributed by atoms with van der Waals surface area (Å²) in [5, 5.41) is 0. The van der Waals surface area contributed by atoms with Crippen molar-refractivity contribution in [2.75, 3.05) is 39.8 Å². The number of benzene rings is 1. The average molecular weight is 338 g/mol. The van der Waals surface area contributed by atoms with Crippen LogP contribution < -0.4 is 4.74 Å². The SMILES string of the molecule is COc1cccc(S(=O)(=O)N2CCN(CC(F)(F)F)CC2)c1. The Labute approximate surface area is 127 Å². The van der Waals surface area contributed by atoms with Crippen molar-refractivity contribution in [1.82, 2.24) is 9.21 Å². The first-order valence-electron chi connectivity index (χ1n) is 6.66. The van der Waals surface area contributed by atoms with E-state index in [-0.39, 0.29) is 31.1 Å². The van der Waals surface area contributed by atoms with Gasteiger partial charge < -0.3 is 4.74 Å². The molecule has 1 aliphatic heterocycles. The fraction of sp³-hybridized carbons (Fsp3) is 0.538. The molecule has 22 heavy (non-hydrogen) atoms. The number of rotatable bonds is 4. The molecule has 1 aromatic carbocycles. The maximum Gasteiger partial charge on any atom is 0.401 e. The van der Waals surface area contributed by atoms with Gasteiger partial charge in [-0.3, -0.25) is 4.90 Å². The number of nitrogens with zero attached hydrogens (tertiary/aromatic N) is 2. The molecule has 1 fully saturated rings. The van der Waals surface area contributed by atoms with Gasteiger partial charge in [0, 0.05) is 32.2 Å². The Bertz CT molecular complexity index is 611. The zero-order valence-corrected chi connectivity index (χ0v) is 12.8. The molecule has 9 heteroatoms. The zero-order chi connectivity index (χ0) is 16.4. The Morgan fingerprint density at radius 1 is 1.18 bits per heavy atom. The topological polar surface area (TPSA) is 49.9 Å². The third-order valence-corrected chi connectivity index (χ3v) is 5.31. The van der Waals surface area contributed by atoms with Crippen LogP contribution in [0.15, 0.2) is 29.2 Å². The van der Waals surface area contributed by atoms with Crippen molar-refractivity contribution in [3.63, 3.8) is 0 Å². The molecule has 0 saturated carbocycles. The van der Waals surface area contributed by atoms with Crippen LogP contribution in [0.4, 0.5) is 13.2 Å². The summed E-state index contributed by atoms with van der Waals surface area (Å²) in [5.74, 6) is 0.414. The molecule has 1 aromatic rings. The minimum Gasteiger partial charge on any atom is -0.497 e. The molecule has 0 aromatic heterocycles. The lowest BCUT2D eigenvalue weighted by Crippen LogP contribution is -2.50. The van der Waals surface area contributed by atoms with Crippen LogP contribution in [0.25, 0.3) is 0 Å². The molecule has 0 N–H and O–H groups in total. The molecule has 2 rings (SSSR count). The molecule has 0 spiro atoms. The first-order chi connectivity index (χ1) is 10.2. The normalized spacial score (nSPS) is 18.4. The van der Waals surface area contributed by atoms with Gasteiger partial charge in [0.15, 0.2) is 0 Å². The van der Waals surface area contributed by atoms with Gasteiger partial charge in [-0.2, -0.15) is 17.5 Å². The molecule has 5 nitrogen and oxygen atoms in total. The smallest absolute Gasteiger partial charge is 0.401 e. The maximum absolute atomic E-state index is 12.5. The van der Waals surface area contributed by atoms with E-state index >= 15 is 0 Å². The van der Waals surface area contributed by atoms with Crippen LogP contribution in [0.3, 0.4) is 0 Å². The van der Waals surface area contributed by atoms with Crippen LogP contribution in [0.1, 0.15) is 0 Å². The third kappa shape index (κ3) is 4.11. The number of hydrogen-bond donors (Lipinski definition) is 0. The summed E-state index contributed by atoms with van der Waals surface area (Å²) in [5.41, 5.74) is 0. The van der Waals surface area contributed by atoms with E-state index in [1.165, 1.54) is 28.4 Å². The highest BCUT2D eigenvalue weighted by molar-refractivity contribution is 7.89. The number of methoxy groups -OCH3 is 1. The van der Waals surface area contributed by atoms with Crippen molar-refractivity contribution in [1.29, 1.82) is 0 Å². The van der Waals surface area contributed by atoms with Gasteiger partial charge >= 0.3 is 6.18 Å². The Balaban J connectivity index is 2.06. The highest BCUT2D eigenvalue weighted by Gasteiger charge is 2.34.